The van der Waals surface area contributed by atoms with Gasteiger partial charge in [0.15, 0.2) is 0 Å². The summed E-state index contributed by atoms with van der Waals surface area (Å²) in [7, 11) is 0. The van der Waals surface area contributed by atoms with Crippen LogP contribution >= 0.6 is 0 Å². The minimum absolute atomic E-state index is 0.00766. The van der Waals surface area contributed by atoms with Crippen LogP contribution in [0.2, 0.25) is 0 Å². The van der Waals surface area contributed by atoms with Crippen LogP contribution in [-0.2, 0) is 19.1 Å². The van der Waals surface area contributed by atoms with E-state index in [9.17, 15) is 9.59 Å². The van der Waals surface area contributed by atoms with Gasteiger partial charge in [0.2, 0.25) is 0 Å². The average Bonchev–Trinajstić information content (AvgIpc) is 2.79. The molecule has 0 amide bonds. The number of aliphatic hydroxyl groups excluding tert-OH is 2. The van der Waals surface area contributed by atoms with Gasteiger partial charge >= 0.3 is 11.9 Å². The molecule has 0 saturated carbocycles. The lowest BCUT2D eigenvalue weighted by Gasteiger charge is -2.15. The predicted molar refractivity (Wildman–Crippen MR) is 121 cm³/mol. The lowest BCUT2D eigenvalue weighted by atomic mass is 10.2. The number of carbonyl (C=O) groups excluding carboxylic acids is 2. The summed E-state index contributed by atoms with van der Waals surface area (Å²) in [5.74, 6) is -1.23. The third-order valence-electron chi connectivity index (χ3n) is 4.21. The van der Waals surface area contributed by atoms with Gasteiger partial charge < -0.3 is 29.5 Å². The van der Waals surface area contributed by atoms with Crippen molar-refractivity contribution in [3.8, 4) is 6.07 Å². The van der Waals surface area contributed by atoms with Crippen LogP contribution in [0.4, 0.5) is 0 Å². The molecule has 0 atom stereocenters. The number of carbonyl (C=O) groups is 2. The third-order valence-corrected chi connectivity index (χ3v) is 4.21. The molecule has 0 aromatic carbocycles. The van der Waals surface area contributed by atoms with Crippen LogP contribution in [0.1, 0.15) is 27.2 Å². The van der Waals surface area contributed by atoms with Gasteiger partial charge in [-0.05, 0) is 51.4 Å². The van der Waals surface area contributed by atoms with E-state index >= 15 is 0 Å². The highest BCUT2D eigenvalue weighted by Gasteiger charge is 2.10. The molecule has 178 valence electrons. The number of hydrogen-bond acceptors (Lipinski definition) is 9. The Hall–Kier alpha value is -3.09. The van der Waals surface area contributed by atoms with Gasteiger partial charge in [0.05, 0.1) is 26.4 Å². The Labute approximate surface area is 190 Å². The second-order valence-electron chi connectivity index (χ2n) is 6.55. The van der Waals surface area contributed by atoms with Crippen molar-refractivity contribution >= 4 is 11.9 Å². The SMILES string of the molecule is CCN(/C=C/C=C(/C)C(=O)OCCCOC(=O)/C(C#N)=C/C=C/N(CC)CCO)CCO. The summed E-state index contributed by atoms with van der Waals surface area (Å²) in [4.78, 5) is 27.6. The number of nitriles is 1. The van der Waals surface area contributed by atoms with E-state index in [1.54, 1.807) is 43.6 Å². The maximum Gasteiger partial charge on any atom is 0.348 e. The Balaban J connectivity index is 4.38. The summed E-state index contributed by atoms with van der Waals surface area (Å²) in [5.41, 5.74) is 0.272. The lowest BCUT2D eigenvalue weighted by molar-refractivity contribution is -0.141. The Morgan fingerprint density at radius 2 is 1.41 bits per heavy atom. The number of esters is 2. The van der Waals surface area contributed by atoms with E-state index in [0.717, 1.165) is 6.54 Å². The van der Waals surface area contributed by atoms with Crippen LogP contribution in [0.15, 0.2) is 47.9 Å². The molecule has 0 aromatic heterocycles. The second-order valence-corrected chi connectivity index (χ2v) is 6.55. The zero-order valence-corrected chi connectivity index (χ0v) is 19.2. The molecule has 9 heteroatoms. The molecule has 0 radical (unpaired) electrons. The number of rotatable bonds is 16. The summed E-state index contributed by atoms with van der Waals surface area (Å²) in [6.07, 6.45) is 10.0. The van der Waals surface area contributed by atoms with Gasteiger partial charge in [0.25, 0.3) is 0 Å². The largest absolute Gasteiger partial charge is 0.462 e. The molecule has 0 saturated heterocycles. The van der Waals surface area contributed by atoms with Crippen LogP contribution in [0.3, 0.4) is 0 Å². The minimum atomic E-state index is -0.752. The van der Waals surface area contributed by atoms with Crippen LogP contribution in [0, 0.1) is 11.3 Å². The fourth-order valence-electron chi connectivity index (χ4n) is 2.30. The van der Waals surface area contributed by atoms with Crippen LogP contribution in [-0.4, -0.2) is 84.6 Å². The number of allylic oxidation sites excluding steroid dienone is 4. The van der Waals surface area contributed by atoms with Crippen molar-refractivity contribution in [3.63, 3.8) is 0 Å². The number of ether oxygens (including phenoxy) is 2. The normalized spacial score (nSPS) is 12.1. The van der Waals surface area contributed by atoms with Crippen molar-refractivity contribution in [3.05, 3.63) is 47.9 Å². The third kappa shape index (κ3) is 13.3. The van der Waals surface area contributed by atoms with E-state index in [-0.39, 0.29) is 32.0 Å². The molecule has 0 fully saturated rings. The standard InChI is InChI=1S/C23H35N3O6/c1-4-25(13-15-27)11-6-9-20(3)22(29)31-17-8-18-32-23(30)21(19-24)10-7-12-26(5-2)14-16-28/h6-7,9-12,27-28H,4-5,8,13-18H2,1-3H3/b11-6+,12-7+,20-9-,21-10+. The van der Waals surface area contributed by atoms with Gasteiger partial charge in [0, 0.05) is 38.2 Å². The smallest absolute Gasteiger partial charge is 0.348 e. The van der Waals surface area contributed by atoms with Gasteiger partial charge in [0.1, 0.15) is 11.6 Å². The van der Waals surface area contributed by atoms with Crippen molar-refractivity contribution in [1.82, 2.24) is 9.80 Å². The van der Waals surface area contributed by atoms with Gasteiger partial charge in [-0.1, -0.05) is 6.08 Å². The summed E-state index contributed by atoms with van der Waals surface area (Å²) in [6.45, 7) is 8.06. The van der Waals surface area contributed by atoms with Crippen molar-refractivity contribution in [2.24, 2.45) is 0 Å². The topological polar surface area (TPSA) is 123 Å². The molecular weight excluding hydrogens is 414 g/mol. The molecule has 0 unspecified atom stereocenters. The number of aliphatic hydroxyl groups is 2. The monoisotopic (exact) mass is 449 g/mol. The zero-order valence-electron chi connectivity index (χ0n) is 19.2. The van der Waals surface area contributed by atoms with E-state index in [1.807, 2.05) is 23.6 Å². The lowest BCUT2D eigenvalue weighted by Crippen LogP contribution is -2.20. The summed E-state index contributed by atoms with van der Waals surface area (Å²) in [6, 6.07) is 1.79. The first-order chi connectivity index (χ1) is 15.4. The van der Waals surface area contributed by atoms with Crippen molar-refractivity contribution in [1.29, 1.82) is 5.26 Å². The van der Waals surface area contributed by atoms with Gasteiger partial charge in [-0.2, -0.15) is 5.26 Å². The van der Waals surface area contributed by atoms with Crippen molar-refractivity contribution < 1.29 is 29.3 Å². The zero-order chi connectivity index (χ0) is 24.2. The first-order valence-electron chi connectivity index (χ1n) is 10.6. The molecule has 0 heterocycles. The Kier molecular flexibility index (Phi) is 16.9. The molecule has 9 nitrogen and oxygen atoms in total. The van der Waals surface area contributed by atoms with Gasteiger partial charge in [-0.15, -0.1) is 0 Å². The number of hydrogen-bond donors (Lipinski definition) is 2. The highest BCUT2D eigenvalue weighted by molar-refractivity contribution is 5.93. The van der Waals surface area contributed by atoms with Crippen LogP contribution < -0.4 is 0 Å². The first kappa shape index (κ1) is 28.9. The maximum atomic E-state index is 12.0. The van der Waals surface area contributed by atoms with E-state index in [0.29, 0.717) is 31.6 Å². The van der Waals surface area contributed by atoms with Crippen molar-refractivity contribution in [2.45, 2.75) is 27.2 Å². The second kappa shape index (κ2) is 18.7. The number of likely N-dealkylation sites (N-methyl/N-ethyl adjacent to an activating group) is 2. The average molecular weight is 450 g/mol. The molecule has 32 heavy (non-hydrogen) atoms. The summed E-state index contributed by atoms with van der Waals surface area (Å²) in [5, 5.41) is 27.0. The molecule has 0 bridgehead atoms. The highest BCUT2D eigenvalue weighted by atomic mass is 16.5. The molecule has 0 aliphatic rings. The fourth-order valence-corrected chi connectivity index (χ4v) is 2.30. The minimum Gasteiger partial charge on any atom is -0.462 e. The molecule has 0 aliphatic carbocycles. The van der Waals surface area contributed by atoms with E-state index in [2.05, 4.69) is 0 Å². The highest BCUT2D eigenvalue weighted by Crippen LogP contribution is 2.02. The fraction of sp³-hybridized carbons (Fsp3) is 0.522. The molecule has 0 aromatic rings. The molecular formula is C23H35N3O6. The molecule has 2 N–H and O–H groups in total. The van der Waals surface area contributed by atoms with E-state index < -0.39 is 11.9 Å². The summed E-state index contributed by atoms with van der Waals surface area (Å²) < 4.78 is 10.2. The molecule has 0 aliphatic heterocycles. The quantitative estimate of drug-likeness (QED) is 0.119. The summed E-state index contributed by atoms with van der Waals surface area (Å²) >= 11 is 0. The van der Waals surface area contributed by atoms with Crippen LogP contribution in [0.5, 0.6) is 0 Å². The Morgan fingerprint density at radius 1 is 0.906 bits per heavy atom. The Morgan fingerprint density at radius 3 is 1.88 bits per heavy atom. The maximum absolute atomic E-state index is 12.0. The van der Waals surface area contributed by atoms with Gasteiger partial charge in [-0.25, -0.2) is 9.59 Å². The van der Waals surface area contributed by atoms with E-state index in [4.69, 9.17) is 24.9 Å². The van der Waals surface area contributed by atoms with E-state index in [1.165, 1.54) is 6.08 Å². The Bertz CT molecular complexity index is 722. The molecule has 0 rings (SSSR count). The number of nitrogens with zero attached hydrogens (tertiary/aromatic N) is 3. The van der Waals surface area contributed by atoms with Crippen molar-refractivity contribution in [2.75, 3.05) is 52.6 Å². The van der Waals surface area contributed by atoms with Crippen LogP contribution in [0.25, 0.3) is 0 Å². The first-order valence-corrected chi connectivity index (χ1v) is 10.6. The predicted octanol–water partition coefficient (Wildman–Crippen LogP) is 1.51. The molecule has 0 spiro atoms. The van der Waals surface area contributed by atoms with Gasteiger partial charge in [-0.3, -0.25) is 0 Å².